The van der Waals surface area contributed by atoms with Gasteiger partial charge in [0.25, 0.3) is 0 Å². The molecule has 75 heavy (non-hydrogen) atoms. The molecule has 0 radical (unpaired) electrons. The average Bonchev–Trinajstić information content (AvgIpc) is 3.41. The first-order chi connectivity index (χ1) is 36.6. The molecule has 2 aliphatic rings. The minimum absolute atomic E-state index is 0.0566. The van der Waals surface area contributed by atoms with Crippen molar-refractivity contribution in [2.24, 2.45) is 0 Å². The summed E-state index contributed by atoms with van der Waals surface area (Å²) < 4.78 is 34.4. The highest BCUT2D eigenvalue weighted by molar-refractivity contribution is 5.69. The van der Waals surface area contributed by atoms with Crippen LogP contribution in [0.25, 0.3) is 0 Å². The molecule has 0 aromatic carbocycles. The third kappa shape index (κ3) is 34.3. The molecule has 0 amide bonds. The Balaban J connectivity index is 1.70. The lowest BCUT2D eigenvalue weighted by Crippen LogP contribution is -2.61. The van der Waals surface area contributed by atoms with Gasteiger partial charge in [0.1, 0.15) is 54.9 Å². The lowest BCUT2D eigenvalue weighted by Gasteiger charge is -2.42. The maximum absolute atomic E-state index is 13.1. The summed E-state index contributed by atoms with van der Waals surface area (Å²) >= 11 is 0. The van der Waals surface area contributed by atoms with Gasteiger partial charge in [-0.2, -0.15) is 0 Å². The van der Waals surface area contributed by atoms with Gasteiger partial charge in [-0.25, -0.2) is 0 Å². The van der Waals surface area contributed by atoms with Gasteiger partial charge in [-0.3, -0.25) is 4.79 Å². The molecule has 2 fully saturated rings. The molecule has 11 atom stereocenters. The molecule has 0 bridgehead atoms. The second-order valence-corrected chi connectivity index (χ2v) is 20.8. The minimum atomic E-state index is -1.71. The first-order valence-electron chi connectivity index (χ1n) is 29.9. The maximum Gasteiger partial charge on any atom is 0.306 e. The molecule has 0 spiro atoms. The molecule has 0 saturated carbocycles. The largest absolute Gasteiger partial charge is 0.457 e. The quantitative estimate of drug-likeness (QED) is 0.0172. The van der Waals surface area contributed by atoms with Gasteiger partial charge in [-0.1, -0.05) is 197 Å². The maximum atomic E-state index is 13.1. The summed E-state index contributed by atoms with van der Waals surface area (Å²) in [7, 11) is 0. The molecule has 2 aliphatic heterocycles. The fraction of sp³-hybridized carbons (Fsp3) is 0.820. The molecule has 2 heterocycles. The fourth-order valence-electron chi connectivity index (χ4n) is 9.21. The molecular formula is C61H108O14. The molecule has 7 N–H and O–H groups in total. The summed E-state index contributed by atoms with van der Waals surface area (Å²) in [4.78, 5) is 13.1. The predicted molar refractivity (Wildman–Crippen MR) is 298 cm³/mol. The van der Waals surface area contributed by atoms with Gasteiger partial charge < -0.3 is 64.2 Å². The second kappa shape index (κ2) is 47.7. The Labute approximate surface area is 454 Å². The van der Waals surface area contributed by atoms with Crippen LogP contribution < -0.4 is 0 Å². The van der Waals surface area contributed by atoms with Gasteiger partial charge in [-0.15, -0.1) is 0 Å². The number of ether oxygens (including phenoxy) is 6. The molecule has 0 aromatic heterocycles. The third-order valence-electron chi connectivity index (χ3n) is 14.0. The van der Waals surface area contributed by atoms with E-state index in [1.54, 1.807) is 0 Å². The first kappa shape index (κ1) is 68.8. The van der Waals surface area contributed by atoms with Gasteiger partial charge in [0.05, 0.1) is 26.4 Å². The van der Waals surface area contributed by atoms with E-state index >= 15 is 0 Å². The van der Waals surface area contributed by atoms with E-state index in [9.17, 15) is 40.5 Å². The standard InChI is InChI=1S/C61H108O14/c1-3-5-7-9-11-13-15-17-19-21-22-23-24-25-26-27-29-31-33-35-37-39-41-43-45-70-47-50(73-53(63)44-42-40-38-36-34-32-30-28-20-18-16-14-12-10-8-6-4-2)48-71-60-59(69)57(67)55(65)52(75-60)49-72-61-58(68)56(66)54(64)51(46-62)74-61/h5,7,11,13,17-20,22-23,50-52,54-62,64-69H,3-4,6,8-10,12,14-16,21,24-49H2,1-2H3/b7-5-,13-11-,19-17-,20-18-,23-22-. The lowest BCUT2D eigenvalue weighted by atomic mass is 9.98. The van der Waals surface area contributed by atoms with Gasteiger partial charge in [0, 0.05) is 13.0 Å². The van der Waals surface area contributed by atoms with Crippen LogP contribution in [0.15, 0.2) is 60.8 Å². The zero-order valence-electron chi connectivity index (χ0n) is 46.8. The number of aliphatic hydroxyl groups is 7. The van der Waals surface area contributed by atoms with E-state index in [2.05, 4.69) is 74.6 Å². The van der Waals surface area contributed by atoms with Gasteiger partial charge in [-0.05, 0) is 77.0 Å². The molecule has 0 aromatic rings. The summed E-state index contributed by atoms with van der Waals surface area (Å²) in [5.74, 6) is -0.381. The SMILES string of the molecule is CC/C=C\C/C=C\C/C=C\C/C=C\CCCCCCCCCCCCCOCC(COC1OC(COC2OC(CO)C(O)C(O)C2O)C(O)C(O)C1O)OC(=O)CCCCCCCCC/C=C\CCCCCCCC. The van der Waals surface area contributed by atoms with E-state index in [4.69, 9.17) is 28.4 Å². The van der Waals surface area contributed by atoms with Crippen LogP contribution in [-0.4, -0.2) is 142 Å². The topological polar surface area (TPSA) is 214 Å². The third-order valence-corrected chi connectivity index (χ3v) is 14.0. The monoisotopic (exact) mass is 1060 g/mol. The van der Waals surface area contributed by atoms with Crippen molar-refractivity contribution in [3.63, 3.8) is 0 Å². The van der Waals surface area contributed by atoms with E-state index in [1.165, 1.54) is 116 Å². The molecule has 11 unspecified atom stereocenters. The number of esters is 1. The van der Waals surface area contributed by atoms with Gasteiger partial charge in [0.15, 0.2) is 12.6 Å². The van der Waals surface area contributed by atoms with E-state index in [0.29, 0.717) is 13.0 Å². The molecule has 14 nitrogen and oxygen atoms in total. The van der Waals surface area contributed by atoms with Crippen LogP contribution in [0.4, 0.5) is 0 Å². The molecule has 436 valence electrons. The van der Waals surface area contributed by atoms with Crippen molar-refractivity contribution in [1.82, 2.24) is 0 Å². The number of aliphatic hydroxyl groups excluding tert-OH is 7. The van der Waals surface area contributed by atoms with Crippen LogP contribution in [-0.2, 0) is 33.2 Å². The number of hydrogen-bond acceptors (Lipinski definition) is 14. The lowest BCUT2D eigenvalue weighted by molar-refractivity contribution is -0.332. The van der Waals surface area contributed by atoms with E-state index in [-0.39, 0.29) is 25.6 Å². The van der Waals surface area contributed by atoms with Crippen LogP contribution in [0.2, 0.25) is 0 Å². The molecular weight excluding hydrogens is 957 g/mol. The smallest absolute Gasteiger partial charge is 0.306 e. The highest BCUT2D eigenvalue weighted by atomic mass is 16.7. The van der Waals surface area contributed by atoms with Crippen LogP contribution in [0, 0.1) is 0 Å². The van der Waals surface area contributed by atoms with Crippen molar-refractivity contribution in [3.8, 4) is 0 Å². The number of hydrogen-bond donors (Lipinski definition) is 7. The number of rotatable bonds is 48. The van der Waals surface area contributed by atoms with E-state index in [1.807, 2.05) is 0 Å². The minimum Gasteiger partial charge on any atom is -0.457 e. The fourth-order valence-corrected chi connectivity index (χ4v) is 9.21. The average molecular weight is 1070 g/mol. The second-order valence-electron chi connectivity index (χ2n) is 20.8. The number of unbranched alkanes of at least 4 members (excludes halogenated alkanes) is 24. The normalized spacial score (nSPS) is 25.0. The van der Waals surface area contributed by atoms with Crippen LogP contribution in [0.1, 0.15) is 219 Å². The Kier molecular flexibility index (Phi) is 43.7. The summed E-state index contributed by atoms with van der Waals surface area (Å²) in [5.41, 5.74) is 0. The molecule has 0 aliphatic carbocycles. The summed E-state index contributed by atoms with van der Waals surface area (Å²) in [6, 6.07) is 0. The molecule has 2 saturated heterocycles. The molecule has 2 rings (SSSR count). The Morgan fingerprint density at radius 2 is 0.867 bits per heavy atom. The number of allylic oxidation sites excluding steroid dienone is 10. The molecule has 14 heteroatoms. The van der Waals surface area contributed by atoms with Crippen molar-refractivity contribution in [3.05, 3.63) is 60.8 Å². The van der Waals surface area contributed by atoms with Crippen LogP contribution >= 0.6 is 0 Å². The number of carbonyl (C=O) groups is 1. The van der Waals surface area contributed by atoms with Crippen molar-refractivity contribution >= 4 is 5.97 Å². The highest BCUT2D eigenvalue weighted by Gasteiger charge is 2.47. The van der Waals surface area contributed by atoms with Crippen molar-refractivity contribution in [1.29, 1.82) is 0 Å². The Morgan fingerprint density at radius 3 is 1.37 bits per heavy atom. The summed E-state index contributed by atoms with van der Waals surface area (Å²) in [6.07, 6.45) is 42.8. The Hall–Kier alpha value is -2.31. The van der Waals surface area contributed by atoms with Gasteiger partial charge >= 0.3 is 5.97 Å². The summed E-state index contributed by atoms with van der Waals surface area (Å²) in [5, 5.41) is 72.4. The Bertz CT molecular complexity index is 1470. The van der Waals surface area contributed by atoms with E-state index < -0.39 is 80.7 Å². The summed E-state index contributed by atoms with van der Waals surface area (Å²) in [6.45, 7) is 3.58. The first-order valence-corrected chi connectivity index (χ1v) is 29.9. The Morgan fingerprint density at radius 1 is 0.453 bits per heavy atom. The van der Waals surface area contributed by atoms with Crippen molar-refractivity contribution in [2.75, 3.05) is 33.0 Å². The zero-order valence-corrected chi connectivity index (χ0v) is 46.8. The highest BCUT2D eigenvalue weighted by Crippen LogP contribution is 2.27. The van der Waals surface area contributed by atoms with Gasteiger partial charge in [0.2, 0.25) is 0 Å². The van der Waals surface area contributed by atoms with Crippen LogP contribution in [0.3, 0.4) is 0 Å². The van der Waals surface area contributed by atoms with Crippen LogP contribution in [0.5, 0.6) is 0 Å². The van der Waals surface area contributed by atoms with Crippen molar-refractivity contribution in [2.45, 2.75) is 287 Å². The predicted octanol–water partition coefficient (Wildman–Crippen LogP) is 10.9. The van der Waals surface area contributed by atoms with Crippen molar-refractivity contribution < 1.29 is 69.0 Å². The van der Waals surface area contributed by atoms with E-state index in [0.717, 1.165) is 77.0 Å². The zero-order chi connectivity index (χ0) is 54.4. The number of carbonyl (C=O) groups excluding carboxylic acids is 1.